The normalized spacial score (nSPS) is 22.7. The standard InChI is InChI=1S/C12H18N2O/c1-15-11-5-3-2-4-10(11)12(13)9-6-7-14-8-9/h2-5,9,12,14H,6-8,13H2,1H3. The maximum atomic E-state index is 6.26. The Morgan fingerprint density at radius 2 is 2.27 bits per heavy atom. The van der Waals surface area contributed by atoms with E-state index in [4.69, 9.17) is 10.5 Å². The summed E-state index contributed by atoms with van der Waals surface area (Å²) in [4.78, 5) is 0. The number of nitrogens with two attached hydrogens (primary N) is 1. The van der Waals surface area contributed by atoms with Gasteiger partial charge >= 0.3 is 0 Å². The van der Waals surface area contributed by atoms with Crippen LogP contribution in [0.25, 0.3) is 0 Å². The number of hydrogen-bond donors (Lipinski definition) is 2. The van der Waals surface area contributed by atoms with Crippen LogP contribution in [0.1, 0.15) is 18.0 Å². The lowest BCUT2D eigenvalue weighted by molar-refractivity contribution is 0.391. The van der Waals surface area contributed by atoms with Crippen molar-refractivity contribution < 1.29 is 4.74 Å². The molecule has 0 spiro atoms. The Kier molecular flexibility index (Phi) is 3.23. The molecule has 3 N–H and O–H groups in total. The first-order chi connectivity index (χ1) is 7.33. The summed E-state index contributed by atoms with van der Waals surface area (Å²) >= 11 is 0. The Bertz CT molecular complexity index is 321. The van der Waals surface area contributed by atoms with Crippen LogP contribution in [-0.4, -0.2) is 20.2 Å². The first-order valence-corrected chi connectivity index (χ1v) is 5.42. The maximum Gasteiger partial charge on any atom is 0.123 e. The molecule has 1 aromatic rings. The van der Waals surface area contributed by atoms with E-state index in [0.29, 0.717) is 5.92 Å². The molecule has 0 saturated carbocycles. The van der Waals surface area contributed by atoms with Crippen molar-refractivity contribution in [2.24, 2.45) is 11.7 Å². The zero-order valence-corrected chi connectivity index (χ0v) is 9.07. The summed E-state index contributed by atoms with van der Waals surface area (Å²) in [7, 11) is 1.69. The van der Waals surface area contributed by atoms with Gasteiger partial charge in [-0.3, -0.25) is 0 Å². The van der Waals surface area contributed by atoms with Crippen LogP contribution in [0.15, 0.2) is 24.3 Å². The quantitative estimate of drug-likeness (QED) is 0.783. The minimum Gasteiger partial charge on any atom is -0.496 e. The van der Waals surface area contributed by atoms with Gasteiger partial charge in [-0.05, 0) is 31.5 Å². The molecule has 3 nitrogen and oxygen atoms in total. The lowest BCUT2D eigenvalue weighted by atomic mass is 9.92. The summed E-state index contributed by atoms with van der Waals surface area (Å²) in [6.45, 7) is 2.09. The van der Waals surface area contributed by atoms with E-state index in [0.717, 1.165) is 30.8 Å². The van der Waals surface area contributed by atoms with Gasteiger partial charge in [-0.2, -0.15) is 0 Å². The monoisotopic (exact) mass is 206 g/mol. The third kappa shape index (κ3) is 2.13. The Labute approximate surface area is 90.6 Å². The number of rotatable bonds is 3. The van der Waals surface area contributed by atoms with Crippen molar-refractivity contribution in [3.05, 3.63) is 29.8 Å². The molecule has 0 bridgehead atoms. The highest BCUT2D eigenvalue weighted by Crippen LogP contribution is 2.30. The van der Waals surface area contributed by atoms with E-state index in [2.05, 4.69) is 11.4 Å². The number of para-hydroxylation sites is 1. The molecule has 0 aromatic heterocycles. The van der Waals surface area contributed by atoms with Gasteiger partial charge in [0.2, 0.25) is 0 Å². The highest BCUT2D eigenvalue weighted by Gasteiger charge is 2.24. The summed E-state index contributed by atoms with van der Waals surface area (Å²) in [5.41, 5.74) is 7.38. The van der Waals surface area contributed by atoms with Crippen molar-refractivity contribution in [2.75, 3.05) is 20.2 Å². The number of benzene rings is 1. The zero-order chi connectivity index (χ0) is 10.7. The van der Waals surface area contributed by atoms with Gasteiger partial charge in [-0.25, -0.2) is 0 Å². The van der Waals surface area contributed by atoms with E-state index < -0.39 is 0 Å². The van der Waals surface area contributed by atoms with Crippen molar-refractivity contribution in [3.8, 4) is 5.75 Å². The second-order valence-electron chi connectivity index (χ2n) is 4.02. The van der Waals surface area contributed by atoms with Crippen LogP contribution < -0.4 is 15.8 Å². The molecule has 2 rings (SSSR count). The fourth-order valence-electron chi connectivity index (χ4n) is 2.18. The van der Waals surface area contributed by atoms with E-state index in [9.17, 15) is 0 Å². The van der Waals surface area contributed by atoms with Crippen LogP contribution >= 0.6 is 0 Å². The van der Waals surface area contributed by atoms with Gasteiger partial charge in [-0.15, -0.1) is 0 Å². The molecule has 15 heavy (non-hydrogen) atoms. The van der Waals surface area contributed by atoms with Crippen molar-refractivity contribution in [1.29, 1.82) is 0 Å². The van der Waals surface area contributed by atoms with E-state index >= 15 is 0 Å². The van der Waals surface area contributed by atoms with Crippen LogP contribution in [-0.2, 0) is 0 Å². The molecule has 1 aliphatic rings. The van der Waals surface area contributed by atoms with Crippen LogP contribution in [0, 0.1) is 5.92 Å². The van der Waals surface area contributed by atoms with E-state index in [1.54, 1.807) is 7.11 Å². The molecule has 1 aromatic carbocycles. The van der Waals surface area contributed by atoms with Crippen LogP contribution in [0.3, 0.4) is 0 Å². The second-order valence-corrected chi connectivity index (χ2v) is 4.02. The van der Waals surface area contributed by atoms with Gasteiger partial charge in [0.15, 0.2) is 0 Å². The third-order valence-electron chi connectivity index (χ3n) is 3.10. The first-order valence-electron chi connectivity index (χ1n) is 5.42. The van der Waals surface area contributed by atoms with E-state index in [-0.39, 0.29) is 6.04 Å². The Hall–Kier alpha value is -1.06. The first kappa shape index (κ1) is 10.5. The number of ether oxygens (including phenoxy) is 1. The molecule has 0 amide bonds. The van der Waals surface area contributed by atoms with Gasteiger partial charge in [0.05, 0.1) is 7.11 Å². The summed E-state index contributed by atoms with van der Waals surface area (Å²) in [5, 5.41) is 3.34. The Balaban J connectivity index is 2.19. The molecular weight excluding hydrogens is 188 g/mol. The lowest BCUT2D eigenvalue weighted by Crippen LogP contribution is -2.23. The number of methoxy groups -OCH3 is 1. The Morgan fingerprint density at radius 3 is 2.93 bits per heavy atom. The average molecular weight is 206 g/mol. The lowest BCUT2D eigenvalue weighted by Gasteiger charge is -2.20. The van der Waals surface area contributed by atoms with Crippen LogP contribution in [0.5, 0.6) is 5.75 Å². The highest BCUT2D eigenvalue weighted by atomic mass is 16.5. The smallest absolute Gasteiger partial charge is 0.123 e. The molecule has 1 fully saturated rings. The minimum absolute atomic E-state index is 0.0798. The van der Waals surface area contributed by atoms with E-state index in [1.165, 1.54) is 0 Å². The Morgan fingerprint density at radius 1 is 1.47 bits per heavy atom. The molecule has 3 heteroatoms. The molecule has 2 atom stereocenters. The van der Waals surface area contributed by atoms with E-state index in [1.807, 2.05) is 18.2 Å². The van der Waals surface area contributed by atoms with Gasteiger partial charge in [0, 0.05) is 11.6 Å². The van der Waals surface area contributed by atoms with Crippen molar-refractivity contribution >= 4 is 0 Å². The third-order valence-corrected chi connectivity index (χ3v) is 3.10. The minimum atomic E-state index is 0.0798. The van der Waals surface area contributed by atoms with Crippen molar-refractivity contribution in [2.45, 2.75) is 12.5 Å². The largest absolute Gasteiger partial charge is 0.496 e. The SMILES string of the molecule is COc1ccccc1C(N)C1CCNC1. The summed E-state index contributed by atoms with van der Waals surface area (Å²) in [6.07, 6.45) is 1.15. The second kappa shape index (κ2) is 4.64. The summed E-state index contributed by atoms with van der Waals surface area (Å²) in [6, 6.07) is 8.10. The van der Waals surface area contributed by atoms with Gasteiger partial charge in [0.25, 0.3) is 0 Å². The summed E-state index contributed by atoms with van der Waals surface area (Å²) < 4.78 is 5.33. The van der Waals surface area contributed by atoms with Crippen molar-refractivity contribution in [1.82, 2.24) is 5.32 Å². The molecular formula is C12H18N2O. The van der Waals surface area contributed by atoms with Gasteiger partial charge in [-0.1, -0.05) is 18.2 Å². The molecule has 0 aliphatic carbocycles. The topological polar surface area (TPSA) is 47.3 Å². The summed E-state index contributed by atoms with van der Waals surface area (Å²) in [5.74, 6) is 1.43. The fraction of sp³-hybridized carbons (Fsp3) is 0.500. The van der Waals surface area contributed by atoms with Gasteiger partial charge < -0.3 is 15.8 Å². The molecule has 2 unspecified atom stereocenters. The van der Waals surface area contributed by atoms with Crippen molar-refractivity contribution in [3.63, 3.8) is 0 Å². The fourth-order valence-corrected chi connectivity index (χ4v) is 2.18. The molecule has 1 aliphatic heterocycles. The molecule has 0 radical (unpaired) electrons. The van der Waals surface area contributed by atoms with Gasteiger partial charge in [0.1, 0.15) is 5.75 Å². The predicted molar refractivity (Wildman–Crippen MR) is 60.9 cm³/mol. The maximum absolute atomic E-state index is 6.26. The molecule has 1 heterocycles. The molecule has 1 saturated heterocycles. The average Bonchev–Trinajstić information content (AvgIpc) is 2.81. The van der Waals surface area contributed by atoms with Crippen LogP contribution in [0.4, 0.5) is 0 Å². The zero-order valence-electron chi connectivity index (χ0n) is 9.07. The predicted octanol–water partition coefficient (Wildman–Crippen LogP) is 1.30. The van der Waals surface area contributed by atoms with Crippen LogP contribution in [0.2, 0.25) is 0 Å². The highest BCUT2D eigenvalue weighted by molar-refractivity contribution is 5.36. The number of hydrogen-bond acceptors (Lipinski definition) is 3. The number of nitrogens with one attached hydrogen (secondary N) is 1. The molecule has 82 valence electrons.